The molecule has 0 N–H and O–H groups in total. The van der Waals surface area contributed by atoms with Crippen molar-refractivity contribution >= 4 is 11.9 Å². The van der Waals surface area contributed by atoms with E-state index in [0.717, 1.165) is 26.2 Å². The van der Waals surface area contributed by atoms with Gasteiger partial charge in [0.1, 0.15) is 0 Å². The Morgan fingerprint density at radius 3 is 1.50 bits per heavy atom. The van der Waals surface area contributed by atoms with Gasteiger partial charge < -0.3 is 29.6 Å². The van der Waals surface area contributed by atoms with Gasteiger partial charge in [-0.05, 0) is 71.4 Å². The molecule has 0 saturated heterocycles. The highest BCUT2D eigenvalue weighted by Gasteiger charge is 2.31. The smallest absolute Gasteiger partial charge is 0.0477 e. The molecule has 0 aliphatic rings. The van der Waals surface area contributed by atoms with Crippen LogP contribution in [0.25, 0.3) is 0 Å². The van der Waals surface area contributed by atoms with Crippen LogP contribution in [0.4, 0.5) is 0 Å². The highest BCUT2D eigenvalue weighted by Crippen LogP contribution is 2.33. The molecule has 0 heterocycles. The van der Waals surface area contributed by atoms with Crippen molar-refractivity contribution in [1.29, 1.82) is 0 Å². The van der Waals surface area contributed by atoms with Gasteiger partial charge in [-0.15, -0.1) is 0 Å². The van der Waals surface area contributed by atoms with E-state index in [1.807, 2.05) is 0 Å². The molecule has 0 aromatic rings. The second kappa shape index (κ2) is 12.3. The van der Waals surface area contributed by atoms with Gasteiger partial charge in [0.15, 0.2) is 0 Å². The second-order valence-electron chi connectivity index (χ2n) is 6.35. The maximum Gasteiger partial charge on any atom is 0.0477 e. The van der Waals surface area contributed by atoms with E-state index in [0.29, 0.717) is 38.8 Å². The zero-order valence-corrected chi connectivity index (χ0v) is 15.8. The molecule has 0 unspecified atom stereocenters. The predicted octanol–water partition coefficient (Wildman–Crippen LogP) is 0.107. The average Bonchev–Trinajstić information content (AvgIpc) is 2.55. The molecule has 0 amide bonds. The molecule has 0 bridgehead atoms. The Balaban J connectivity index is 5.06. The number of nitrogens with zero attached hydrogens (tertiary/aromatic N) is 2. The fourth-order valence-corrected chi connectivity index (χ4v) is 3.08. The van der Waals surface area contributed by atoms with Crippen LogP contribution in [0.5, 0.6) is 0 Å². The quantitative estimate of drug-likeness (QED) is 0.420. The number of carboxylic acid groups (broad SMARTS) is 2. The third-order valence-corrected chi connectivity index (χ3v) is 5.07. The van der Waals surface area contributed by atoms with Crippen LogP contribution in [0, 0.1) is 5.41 Å². The number of rotatable bonds is 15. The second-order valence-corrected chi connectivity index (χ2v) is 6.35. The molecular weight excluding hydrogens is 308 g/mol. The zero-order valence-electron chi connectivity index (χ0n) is 15.8. The van der Waals surface area contributed by atoms with Crippen LogP contribution >= 0.6 is 0 Å². The Kier molecular flexibility index (Phi) is 11.7. The molecular formula is C18H34N2O4-2. The summed E-state index contributed by atoms with van der Waals surface area (Å²) in [6, 6.07) is 0. The predicted molar refractivity (Wildman–Crippen MR) is 91.1 cm³/mol. The largest absolute Gasteiger partial charge is 0.550 e. The SMILES string of the molecule is CCN(CC)CCC(CCCC(=O)[O-])(CCN(CC)CC)C(=O)[O-]. The summed E-state index contributed by atoms with van der Waals surface area (Å²) < 4.78 is 0. The number of carbonyl (C=O) groups is 2. The molecule has 0 fully saturated rings. The third kappa shape index (κ3) is 8.11. The molecule has 6 heteroatoms. The van der Waals surface area contributed by atoms with Gasteiger partial charge in [0, 0.05) is 17.4 Å². The van der Waals surface area contributed by atoms with E-state index in [9.17, 15) is 19.8 Å². The monoisotopic (exact) mass is 342 g/mol. The lowest BCUT2D eigenvalue weighted by Crippen LogP contribution is -2.46. The van der Waals surface area contributed by atoms with Gasteiger partial charge in [-0.1, -0.05) is 27.7 Å². The normalized spacial score (nSPS) is 12.1. The highest BCUT2D eigenvalue weighted by atomic mass is 16.4. The van der Waals surface area contributed by atoms with Crippen molar-refractivity contribution in [2.75, 3.05) is 39.3 Å². The minimum absolute atomic E-state index is 0.106. The van der Waals surface area contributed by atoms with Crippen LogP contribution in [0.2, 0.25) is 0 Å². The molecule has 24 heavy (non-hydrogen) atoms. The number of carboxylic acids is 2. The highest BCUT2D eigenvalue weighted by molar-refractivity contribution is 5.72. The van der Waals surface area contributed by atoms with Crippen molar-refractivity contribution in [1.82, 2.24) is 9.80 Å². The number of hydrogen-bond donors (Lipinski definition) is 0. The maximum absolute atomic E-state index is 12.0. The maximum atomic E-state index is 12.0. The van der Waals surface area contributed by atoms with Gasteiger partial charge >= 0.3 is 0 Å². The van der Waals surface area contributed by atoms with Crippen molar-refractivity contribution in [2.45, 2.75) is 59.8 Å². The van der Waals surface area contributed by atoms with Gasteiger partial charge in [-0.2, -0.15) is 0 Å². The summed E-state index contributed by atoms with van der Waals surface area (Å²) in [4.78, 5) is 27.0. The van der Waals surface area contributed by atoms with E-state index in [1.54, 1.807) is 0 Å². The summed E-state index contributed by atoms with van der Waals surface area (Å²) in [6.07, 6.45) is 1.51. The first-order chi connectivity index (χ1) is 11.3. The van der Waals surface area contributed by atoms with Crippen molar-refractivity contribution < 1.29 is 19.8 Å². The lowest BCUT2D eigenvalue weighted by atomic mass is 9.76. The summed E-state index contributed by atoms with van der Waals surface area (Å²) in [5, 5.41) is 22.6. The molecule has 0 aromatic heterocycles. The minimum atomic E-state index is -1.13. The van der Waals surface area contributed by atoms with E-state index in [1.165, 1.54) is 0 Å². The summed E-state index contributed by atoms with van der Waals surface area (Å²) in [5.74, 6) is -2.19. The fraction of sp³-hybridized carbons (Fsp3) is 0.889. The van der Waals surface area contributed by atoms with Gasteiger partial charge in [-0.3, -0.25) is 0 Å². The Morgan fingerprint density at radius 2 is 1.21 bits per heavy atom. The molecule has 0 radical (unpaired) electrons. The standard InChI is InChI=1S/C18H36N2O4/c1-5-19(6-2)14-12-18(17(23)24,11-9-10-16(21)22)13-15-20(7-3)8-4/h5-15H2,1-4H3,(H,21,22)(H,23,24)/p-2. The van der Waals surface area contributed by atoms with Gasteiger partial charge in [0.2, 0.25) is 0 Å². The molecule has 0 rings (SSSR count). The molecule has 6 nitrogen and oxygen atoms in total. The van der Waals surface area contributed by atoms with Gasteiger partial charge in [0.25, 0.3) is 0 Å². The van der Waals surface area contributed by atoms with Crippen LogP contribution in [-0.2, 0) is 9.59 Å². The van der Waals surface area contributed by atoms with Crippen molar-refractivity contribution in [3.8, 4) is 0 Å². The first-order valence-electron chi connectivity index (χ1n) is 9.21. The van der Waals surface area contributed by atoms with E-state index >= 15 is 0 Å². The molecule has 142 valence electrons. The Labute approximate surface area is 146 Å². The first kappa shape index (κ1) is 22.9. The molecule has 0 atom stereocenters. The third-order valence-electron chi connectivity index (χ3n) is 5.07. The molecule has 0 aliphatic heterocycles. The van der Waals surface area contributed by atoms with Crippen molar-refractivity contribution in [2.24, 2.45) is 5.41 Å². The van der Waals surface area contributed by atoms with Crippen molar-refractivity contribution in [3.63, 3.8) is 0 Å². The number of carbonyl (C=O) groups excluding carboxylic acids is 2. The minimum Gasteiger partial charge on any atom is -0.550 e. The van der Waals surface area contributed by atoms with Crippen LogP contribution in [0.1, 0.15) is 59.8 Å². The first-order valence-corrected chi connectivity index (χ1v) is 9.21. The van der Waals surface area contributed by atoms with Gasteiger partial charge in [0.05, 0.1) is 0 Å². The van der Waals surface area contributed by atoms with E-state index < -0.39 is 17.4 Å². The number of aliphatic carboxylic acids is 2. The zero-order chi connectivity index (χ0) is 18.6. The van der Waals surface area contributed by atoms with Crippen LogP contribution < -0.4 is 10.2 Å². The number of hydrogen-bond acceptors (Lipinski definition) is 6. The summed E-state index contributed by atoms with van der Waals surface area (Å²) in [7, 11) is 0. The van der Waals surface area contributed by atoms with E-state index in [4.69, 9.17) is 0 Å². The lowest BCUT2D eigenvalue weighted by molar-refractivity contribution is -0.321. The van der Waals surface area contributed by atoms with E-state index in [-0.39, 0.29) is 6.42 Å². The van der Waals surface area contributed by atoms with Gasteiger partial charge in [-0.25, -0.2) is 0 Å². The average molecular weight is 342 g/mol. The lowest BCUT2D eigenvalue weighted by Gasteiger charge is -2.38. The molecule has 0 aromatic carbocycles. The van der Waals surface area contributed by atoms with Crippen LogP contribution in [0.3, 0.4) is 0 Å². The van der Waals surface area contributed by atoms with Crippen LogP contribution in [0.15, 0.2) is 0 Å². The Bertz CT molecular complexity index is 350. The van der Waals surface area contributed by atoms with Crippen molar-refractivity contribution in [3.05, 3.63) is 0 Å². The summed E-state index contributed by atoms with van der Waals surface area (Å²) in [6.45, 7) is 13.1. The molecule has 0 spiro atoms. The summed E-state index contributed by atoms with van der Waals surface area (Å²) >= 11 is 0. The summed E-state index contributed by atoms with van der Waals surface area (Å²) in [5.41, 5.74) is -0.972. The van der Waals surface area contributed by atoms with Crippen LogP contribution in [-0.4, -0.2) is 61.0 Å². The van der Waals surface area contributed by atoms with E-state index in [2.05, 4.69) is 37.5 Å². The molecule has 0 saturated carbocycles. The molecule has 0 aliphatic carbocycles. The Morgan fingerprint density at radius 1 is 0.792 bits per heavy atom. The topological polar surface area (TPSA) is 86.7 Å². The fourth-order valence-electron chi connectivity index (χ4n) is 3.08. The Hall–Kier alpha value is -1.14.